The summed E-state index contributed by atoms with van der Waals surface area (Å²) in [6.45, 7) is 4.70. The van der Waals surface area contributed by atoms with Crippen molar-refractivity contribution in [2.75, 3.05) is 0 Å². The van der Waals surface area contributed by atoms with Gasteiger partial charge in [0, 0.05) is 19.4 Å². The molecule has 20 heavy (non-hydrogen) atoms. The number of fused-ring (bicyclic) bond motifs is 1. The third-order valence-corrected chi connectivity index (χ3v) is 3.04. The zero-order valence-electron chi connectivity index (χ0n) is 11.8. The molecule has 2 aromatic carbocycles. The maximum Gasteiger partial charge on any atom is 0.308 e. The first-order chi connectivity index (χ1) is 9.49. The van der Waals surface area contributed by atoms with Gasteiger partial charge in [-0.1, -0.05) is 30.3 Å². The lowest BCUT2D eigenvalue weighted by Crippen LogP contribution is -2.24. The molecule has 0 saturated heterocycles. The van der Waals surface area contributed by atoms with Gasteiger partial charge >= 0.3 is 5.97 Å². The molecule has 4 heteroatoms. The molecule has 104 valence electrons. The summed E-state index contributed by atoms with van der Waals surface area (Å²) in [5.74, 6) is -0.0202. The summed E-state index contributed by atoms with van der Waals surface area (Å²) in [5.41, 5.74) is 0.813. The molecule has 2 aromatic rings. The molecule has 0 saturated carbocycles. The zero-order valence-corrected chi connectivity index (χ0v) is 11.8. The number of ether oxygens (including phenoxy) is 1. The van der Waals surface area contributed by atoms with Crippen molar-refractivity contribution in [3.8, 4) is 5.75 Å². The molecule has 0 unspecified atom stereocenters. The molecule has 0 fully saturated rings. The van der Waals surface area contributed by atoms with Crippen molar-refractivity contribution in [3.63, 3.8) is 0 Å². The minimum absolute atomic E-state index is 0.126. The Kier molecular flexibility index (Phi) is 4.03. The highest BCUT2D eigenvalue weighted by Crippen LogP contribution is 2.33. The first-order valence-corrected chi connectivity index (χ1v) is 6.46. The lowest BCUT2D eigenvalue weighted by atomic mass is 9.98. The smallest absolute Gasteiger partial charge is 0.308 e. The van der Waals surface area contributed by atoms with Crippen LogP contribution in [-0.2, 0) is 9.59 Å². The molecule has 0 aliphatic carbocycles. The number of hydrogen-bond acceptors (Lipinski definition) is 3. The van der Waals surface area contributed by atoms with Crippen LogP contribution in [0.2, 0.25) is 0 Å². The Morgan fingerprint density at radius 3 is 2.45 bits per heavy atom. The summed E-state index contributed by atoms with van der Waals surface area (Å²) in [5, 5.41) is 4.84. The lowest BCUT2D eigenvalue weighted by Gasteiger charge is -2.19. The second-order valence-corrected chi connectivity index (χ2v) is 4.71. The van der Waals surface area contributed by atoms with Gasteiger partial charge in [-0.2, -0.15) is 0 Å². The highest BCUT2D eigenvalue weighted by atomic mass is 16.5. The number of benzene rings is 2. The molecular weight excluding hydrogens is 254 g/mol. The molecule has 1 N–H and O–H groups in total. The summed E-state index contributed by atoms with van der Waals surface area (Å²) >= 11 is 0. The summed E-state index contributed by atoms with van der Waals surface area (Å²) in [6, 6.07) is 11.2. The van der Waals surface area contributed by atoms with E-state index in [0.717, 1.165) is 16.3 Å². The van der Waals surface area contributed by atoms with Crippen LogP contribution in [-0.4, -0.2) is 11.9 Å². The summed E-state index contributed by atoms with van der Waals surface area (Å²) in [7, 11) is 0. The van der Waals surface area contributed by atoms with Gasteiger partial charge in [-0.25, -0.2) is 0 Å². The van der Waals surface area contributed by atoms with Gasteiger partial charge in [-0.05, 0) is 23.8 Å². The fourth-order valence-electron chi connectivity index (χ4n) is 2.34. The first kappa shape index (κ1) is 14.1. The fourth-order valence-corrected chi connectivity index (χ4v) is 2.34. The van der Waals surface area contributed by atoms with E-state index in [9.17, 15) is 9.59 Å². The summed E-state index contributed by atoms with van der Waals surface area (Å²) in [4.78, 5) is 22.5. The van der Waals surface area contributed by atoms with E-state index in [1.807, 2.05) is 37.3 Å². The van der Waals surface area contributed by atoms with Crippen LogP contribution in [0.4, 0.5) is 0 Å². The Balaban J connectivity index is 2.60. The number of esters is 1. The molecular formula is C16H17NO3. The third kappa shape index (κ3) is 2.96. The van der Waals surface area contributed by atoms with Crippen molar-refractivity contribution in [3.05, 3.63) is 42.0 Å². The first-order valence-electron chi connectivity index (χ1n) is 6.46. The molecule has 1 atom stereocenters. The van der Waals surface area contributed by atoms with Crippen molar-refractivity contribution in [1.82, 2.24) is 5.32 Å². The van der Waals surface area contributed by atoms with Crippen molar-refractivity contribution >= 4 is 22.6 Å². The highest BCUT2D eigenvalue weighted by molar-refractivity contribution is 5.89. The maximum absolute atomic E-state index is 11.3. The molecule has 0 aliphatic rings. The van der Waals surface area contributed by atoms with E-state index in [2.05, 4.69) is 5.32 Å². The van der Waals surface area contributed by atoms with Gasteiger partial charge in [0.25, 0.3) is 0 Å². The number of rotatable bonds is 3. The van der Waals surface area contributed by atoms with Gasteiger partial charge < -0.3 is 10.1 Å². The average Bonchev–Trinajstić information content (AvgIpc) is 2.36. The van der Waals surface area contributed by atoms with Crippen LogP contribution in [0.5, 0.6) is 5.75 Å². The quantitative estimate of drug-likeness (QED) is 0.689. The monoisotopic (exact) mass is 271 g/mol. The molecule has 2 rings (SSSR count). The number of nitrogens with one attached hydrogen (secondary N) is 1. The van der Waals surface area contributed by atoms with Crippen molar-refractivity contribution in [2.24, 2.45) is 0 Å². The van der Waals surface area contributed by atoms with Crippen LogP contribution in [0.3, 0.4) is 0 Å². The van der Waals surface area contributed by atoms with Crippen LogP contribution in [0, 0.1) is 0 Å². The highest BCUT2D eigenvalue weighted by Gasteiger charge is 2.17. The number of carbonyl (C=O) groups excluding carboxylic acids is 2. The van der Waals surface area contributed by atoms with Gasteiger partial charge in [0.2, 0.25) is 5.91 Å². The number of carbonyl (C=O) groups is 2. The van der Waals surface area contributed by atoms with E-state index in [1.54, 1.807) is 6.07 Å². The van der Waals surface area contributed by atoms with Crippen LogP contribution in [0.15, 0.2) is 36.4 Å². The maximum atomic E-state index is 11.3. The Morgan fingerprint density at radius 2 is 1.80 bits per heavy atom. The number of amides is 1. The van der Waals surface area contributed by atoms with E-state index in [0.29, 0.717) is 5.75 Å². The zero-order chi connectivity index (χ0) is 14.7. The Labute approximate surface area is 117 Å². The summed E-state index contributed by atoms with van der Waals surface area (Å²) in [6.07, 6.45) is 0. The van der Waals surface area contributed by atoms with E-state index in [4.69, 9.17) is 4.74 Å². The van der Waals surface area contributed by atoms with Gasteiger partial charge in [-0.15, -0.1) is 0 Å². The Bertz CT molecular complexity index is 664. The Hall–Kier alpha value is -2.36. The predicted octanol–water partition coefficient (Wildman–Crippen LogP) is 2.96. The van der Waals surface area contributed by atoms with Crippen molar-refractivity contribution < 1.29 is 14.3 Å². The third-order valence-electron chi connectivity index (χ3n) is 3.04. The van der Waals surface area contributed by atoms with E-state index in [-0.39, 0.29) is 17.9 Å². The Morgan fingerprint density at radius 1 is 1.10 bits per heavy atom. The standard InChI is InChI=1S/C16H17NO3/c1-10(17-11(2)18)16-14-7-5-4-6-13(14)8-9-15(16)20-12(3)19/h4-10H,1-3H3,(H,17,18)/t10-/m1/s1. The second-order valence-electron chi connectivity index (χ2n) is 4.71. The van der Waals surface area contributed by atoms with Crippen LogP contribution >= 0.6 is 0 Å². The molecule has 4 nitrogen and oxygen atoms in total. The molecule has 0 bridgehead atoms. The number of hydrogen-bond donors (Lipinski definition) is 1. The largest absolute Gasteiger partial charge is 0.426 e. The van der Waals surface area contributed by atoms with Crippen molar-refractivity contribution in [1.29, 1.82) is 0 Å². The fraction of sp³-hybridized carbons (Fsp3) is 0.250. The molecule has 0 aliphatic heterocycles. The molecule has 0 spiro atoms. The molecule has 1 amide bonds. The molecule has 0 radical (unpaired) electrons. The predicted molar refractivity (Wildman–Crippen MR) is 77.5 cm³/mol. The van der Waals surface area contributed by atoms with Gasteiger partial charge in [0.1, 0.15) is 5.75 Å². The van der Waals surface area contributed by atoms with Crippen molar-refractivity contribution in [2.45, 2.75) is 26.8 Å². The molecule has 0 aromatic heterocycles. The summed E-state index contributed by atoms with van der Waals surface area (Å²) < 4.78 is 5.27. The van der Waals surface area contributed by atoms with Crippen LogP contribution in [0.25, 0.3) is 10.8 Å². The van der Waals surface area contributed by atoms with Gasteiger partial charge in [0.15, 0.2) is 0 Å². The lowest BCUT2D eigenvalue weighted by molar-refractivity contribution is -0.131. The van der Waals surface area contributed by atoms with Gasteiger partial charge in [0.05, 0.1) is 6.04 Å². The van der Waals surface area contributed by atoms with E-state index < -0.39 is 0 Å². The minimum atomic E-state index is -0.378. The van der Waals surface area contributed by atoms with E-state index >= 15 is 0 Å². The van der Waals surface area contributed by atoms with Gasteiger partial charge in [-0.3, -0.25) is 9.59 Å². The second kappa shape index (κ2) is 5.74. The van der Waals surface area contributed by atoms with Crippen LogP contribution in [0.1, 0.15) is 32.4 Å². The minimum Gasteiger partial charge on any atom is -0.426 e. The molecule has 0 heterocycles. The van der Waals surface area contributed by atoms with Crippen LogP contribution < -0.4 is 10.1 Å². The normalized spacial score (nSPS) is 11.9. The topological polar surface area (TPSA) is 55.4 Å². The average molecular weight is 271 g/mol. The SMILES string of the molecule is CC(=O)N[C@H](C)c1c(OC(C)=O)ccc2ccccc12. The van der Waals surface area contributed by atoms with E-state index in [1.165, 1.54) is 13.8 Å².